The lowest BCUT2D eigenvalue weighted by molar-refractivity contribution is -0.134. The summed E-state index contributed by atoms with van der Waals surface area (Å²) in [6, 6.07) is 7.86. The lowest BCUT2D eigenvalue weighted by Gasteiger charge is -2.11. The molecular weight excluding hydrogens is 332 g/mol. The van der Waals surface area contributed by atoms with Crippen LogP contribution in [0.1, 0.15) is 26.3 Å². The predicted octanol–water partition coefficient (Wildman–Crippen LogP) is 3.68. The van der Waals surface area contributed by atoms with Crippen molar-refractivity contribution in [3.05, 3.63) is 53.6 Å². The number of benzene rings is 1. The lowest BCUT2D eigenvalue weighted by atomic mass is 9.96. The zero-order chi connectivity index (χ0) is 19.2. The van der Waals surface area contributed by atoms with E-state index in [1.54, 1.807) is 13.2 Å². The second-order valence-corrected chi connectivity index (χ2v) is 6.81. The minimum Gasteiger partial charge on any atom is -0.497 e. The number of rotatable bonds is 9. The molecule has 142 valence electrons. The van der Waals surface area contributed by atoms with Gasteiger partial charge in [-0.15, -0.1) is 0 Å². The van der Waals surface area contributed by atoms with Gasteiger partial charge in [0, 0.05) is 12.0 Å². The zero-order valence-electron chi connectivity index (χ0n) is 16.2. The third-order valence-electron chi connectivity index (χ3n) is 4.41. The molecule has 5 nitrogen and oxygen atoms in total. The molecule has 0 aromatic heterocycles. The first-order chi connectivity index (χ1) is 12.4. The summed E-state index contributed by atoms with van der Waals surface area (Å²) in [5, 5.41) is 0. The van der Waals surface area contributed by atoms with Crippen molar-refractivity contribution >= 4 is 5.97 Å². The molecule has 3 atom stereocenters. The van der Waals surface area contributed by atoms with Crippen LogP contribution in [0.25, 0.3) is 0 Å². The maximum Gasteiger partial charge on any atom is 0.330 e. The van der Waals surface area contributed by atoms with E-state index in [0.29, 0.717) is 13.2 Å². The lowest BCUT2D eigenvalue weighted by Crippen LogP contribution is -2.18. The molecule has 5 heteroatoms. The first kappa shape index (κ1) is 20.2. The Hall–Kier alpha value is -2.11. The molecule has 2 rings (SSSR count). The maximum absolute atomic E-state index is 11.2. The van der Waals surface area contributed by atoms with Gasteiger partial charge in [0.1, 0.15) is 11.4 Å². The Kier molecular flexibility index (Phi) is 7.00. The van der Waals surface area contributed by atoms with E-state index in [0.717, 1.165) is 16.9 Å². The van der Waals surface area contributed by atoms with Gasteiger partial charge >= 0.3 is 5.97 Å². The van der Waals surface area contributed by atoms with Crippen LogP contribution in [0.15, 0.2) is 48.1 Å². The van der Waals surface area contributed by atoms with Gasteiger partial charge in [0.25, 0.3) is 0 Å². The summed E-state index contributed by atoms with van der Waals surface area (Å²) < 4.78 is 21.5. The van der Waals surface area contributed by atoms with Crippen LogP contribution >= 0.6 is 0 Å². The molecule has 0 aliphatic carbocycles. The number of hydrogen-bond acceptors (Lipinski definition) is 5. The molecule has 1 aromatic carbocycles. The summed E-state index contributed by atoms with van der Waals surface area (Å²) in [6.07, 6.45) is 5.30. The second-order valence-electron chi connectivity index (χ2n) is 6.81. The largest absolute Gasteiger partial charge is 0.497 e. The minimum atomic E-state index is -0.364. The molecule has 1 aromatic rings. The van der Waals surface area contributed by atoms with Crippen LogP contribution in [0.3, 0.4) is 0 Å². The van der Waals surface area contributed by atoms with E-state index < -0.39 is 0 Å². The van der Waals surface area contributed by atoms with Gasteiger partial charge < -0.3 is 18.9 Å². The average Bonchev–Trinajstić information content (AvgIpc) is 3.31. The molecule has 26 heavy (non-hydrogen) atoms. The van der Waals surface area contributed by atoms with E-state index in [-0.39, 0.29) is 23.6 Å². The Morgan fingerprint density at radius 1 is 1.27 bits per heavy atom. The number of esters is 1. The summed E-state index contributed by atoms with van der Waals surface area (Å²) in [5.41, 5.74) is 1.76. The van der Waals surface area contributed by atoms with Crippen molar-refractivity contribution in [1.82, 2.24) is 0 Å². The van der Waals surface area contributed by atoms with E-state index in [1.807, 2.05) is 44.2 Å². The third-order valence-corrected chi connectivity index (χ3v) is 4.41. The molecule has 1 saturated heterocycles. The summed E-state index contributed by atoms with van der Waals surface area (Å²) in [7, 11) is 3.02. The van der Waals surface area contributed by atoms with Crippen molar-refractivity contribution in [3.63, 3.8) is 0 Å². The van der Waals surface area contributed by atoms with Crippen molar-refractivity contribution in [2.45, 2.75) is 39.1 Å². The summed E-state index contributed by atoms with van der Waals surface area (Å²) in [6.45, 7) is 7.30. The molecule has 1 aliphatic rings. The van der Waals surface area contributed by atoms with Gasteiger partial charge in [0.2, 0.25) is 0 Å². The standard InChI is InChI=1S/C21H28O5/c1-15(6-11-19(22)24-5)12-21(3)20(26-21)16(2)13-25-14-17-7-9-18(23-4)10-8-17/h6-12,16,20H,13-14H2,1-5H3/b11-6+,15-12+/t16-,20-,21-/m0/s1. The van der Waals surface area contributed by atoms with Gasteiger partial charge in [-0.05, 0) is 37.6 Å². The number of allylic oxidation sites excluding steroid dienone is 2. The molecular formula is C21H28O5. The molecule has 0 unspecified atom stereocenters. The molecule has 1 fully saturated rings. The number of methoxy groups -OCH3 is 2. The van der Waals surface area contributed by atoms with Gasteiger partial charge in [-0.1, -0.05) is 30.7 Å². The second kappa shape index (κ2) is 9.01. The number of epoxide rings is 1. The van der Waals surface area contributed by atoms with Gasteiger partial charge in [-0.2, -0.15) is 0 Å². The topological polar surface area (TPSA) is 57.3 Å². The average molecular weight is 360 g/mol. The minimum absolute atomic E-state index is 0.111. The van der Waals surface area contributed by atoms with Crippen molar-refractivity contribution in [3.8, 4) is 5.75 Å². The van der Waals surface area contributed by atoms with E-state index in [9.17, 15) is 4.79 Å². The smallest absolute Gasteiger partial charge is 0.330 e. The van der Waals surface area contributed by atoms with Crippen molar-refractivity contribution in [1.29, 1.82) is 0 Å². The van der Waals surface area contributed by atoms with E-state index >= 15 is 0 Å². The van der Waals surface area contributed by atoms with Crippen molar-refractivity contribution < 1.29 is 23.7 Å². The molecule has 0 bridgehead atoms. The fourth-order valence-electron chi connectivity index (χ4n) is 2.98. The Balaban J connectivity index is 1.78. The predicted molar refractivity (Wildman–Crippen MR) is 100 cm³/mol. The Bertz CT molecular complexity index is 661. The van der Waals surface area contributed by atoms with Gasteiger partial charge in [-0.25, -0.2) is 4.79 Å². The first-order valence-corrected chi connectivity index (χ1v) is 8.72. The molecule has 1 aliphatic heterocycles. The number of hydrogen-bond donors (Lipinski definition) is 0. The fourth-order valence-corrected chi connectivity index (χ4v) is 2.98. The van der Waals surface area contributed by atoms with Crippen LogP contribution in [0.5, 0.6) is 5.75 Å². The van der Waals surface area contributed by atoms with Crippen LogP contribution in [-0.4, -0.2) is 38.5 Å². The summed E-state index contributed by atoms with van der Waals surface area (Å²) in [5.74, 6) is 0.746. The molecule has 0 amide bonds. The summed E-state index contributed by atoms with van der Waals surface area (Å²) >= 11 is 0. The van der Waals surface area contributed by atoms with Gasteiger partial charge in [0.05, 0.1) is 33.5 Å². The van der Waals surface area contributed by atoms with Crippen LogP contribution in [0.4, 0.5) is 0 Å². The van der Waals surface area contributed by atoms with Crippen molar-refractivity contribution in [2.75, 3.05) is 20.8 Å². The Labute approximate surface area is 155 Å². The first-order valence-electron chi connectivity index (χ1n) is 8.72. The number of ether oxygens (including phenoxy) is 4. The molecule has 0 radical (unpaired) electrons. The van der Waals surface area contributed by atoms with E-state index in [1.165, 1.54) is 13.2 Å². The monoisotopic (exact) mass is 360 g/mol. The molecule has 0 N–H and O–H groups in total. The Morgan fingerprint density at radius 3 is 2.58 bits per heavy atom. The highest BCUT2D eigenvalue weighted by atomic mass is 16.6. The molecule has 0 spiro atoms. The number of carbonyl (C=O) groups is 1. The van der Waals surface area contributed by atoms with Gasteiger partial charge in [0.15, 0.2) is 0 Å². The highest BCUT2D eigenvalue weighted by Crippen LogP contribution is 2.43. The van der Waals surface area contributed by atoms with Gasteiger partial charge in [-0.3, -0.25) is 0 Å². The summed E-state index contributed by atoms with van der Waals surface area (Å²) in [4.78, 5) is 11.2. The quantitative estimate of drug-likeness (QED) is 0.291. The molecule has 0 saturated carbocycles. The fraction of sp³-hybridized carbons (Fsp3) is 0.476. The highest BCUT2D eigenvalue weighted by molar-refractivity contribution is 5.82. The highest BCUT2D eigenvalue weighted by Gasteiger charge is 2.53. The zero-order valence-corrected chi connectivity index (χ0v) is 16.2. The third kappa shape index (κ3) is 5.71. The van der Waals surface area contributed by atoms with E-state index in [4.69, 9.17) is 14.2 Å². The van der Waals surface area contributed by atoms with E-state index in [2.05, 4.69) is 11.7 Å². The van der Waals surface area contributed by atoms with Crippen LogP contribution in [0, 0.1) is 5.92 Å². The normalized spacial score (nSPS) is 23.7. The SMILES string of the molecule is COC(=O)/C=C/C(C)=C/[C@]1(C)O[C@H]1[C@@H](C)COCc1ccc(OC)cc1. The Morgan fingerprint density at radius 2 is 1.96 bits per heavy atom. The van der Waals surface area contributed by atoms with Crippen LogP contribution < -0.4 is 4.74 Å². The van der Waals surface area contributed by atoms with Crippen molar-refractivity contribution in [2.24, 2.45) is 5.92 Å². The van der Waals surface area contributed by atoms with Crippen LogP contribution in [-0.2, 0) is 25.6 Å². The number of carbonyl (C=O) groups excluding carboxylic acids is 1. The van der Waals surface area contributed by atoms with Crippen LogP contribution in [0.2, 0.25) is 0 Å². The maximum atomic E-state index is 11.2. The molecule has 1 heterocycles.